The lowest BCUT2D eigenvalue weighted by Gasteiger charge is -2.01. The van der Waals surface area contributed by atoms with Gasteiger partial charge in [-0.15, -0.1) is 6.58 Å². The molecule has 0 aliphatic carbocycles. The summed E-state index contributed by atoms with van der Waals surface area (Å²) in [6.07, 6.45) is 4.15. The summed E-state index contributed by atoms with van der Waals surface area (Å²) in [5.41, 5.74) is 0.869. The zero-order chi connectivity index (χ0) is 12.5. The van der Waals surface area contributed by atoms with Crippen LogP contribution in [-0.2, 0) is 15.6 Å². The first-order chi connectivity index (χ1) is 8.04. The number of para-hydroxylation sites is 1. The largest absolute Gasteiger partial charge is 0.346 e. The van der Waals surface area contributed by atoms with Crippen LogP contribution in [-0.4, -0.2) is 13.0 Å². The molecule has 17 heavy (non-hydrogen) atoms. The number of hydrogen-bond acceptors (Lipinski definition) is 2. The molecule has 3 nitrogen and oxygen atoms in total. The molecule has 1 aromatic carbocycles. The zero-order valence-electron chi connectivity index (χ0n) is 9.14. The van der Waals surface area contributed by atoms with Gasteiger partial charge in [0.2, 0.25) is 0 Å². The van der Waals surface area contributed by atoms with Crippen molar-refractivity contribution >= 4 is 30.6 Å². The molecular weight excluding hydrogens is 258 g/mol. The van der Waals surface area contributed by atoms with E-state index in [1.807, 2.05) is 16.7 Å². The molecule has 0 radical (unpaired) electrons. The minimum Gasteiger partial charge on any atom is -0.346 e. The number of fused-ring (bicyclic) bond motifs is 1. The van der Waals surface area contributed by atoms with Crippen LogP contribution in [0.4, 0.5) is 0 Å². The predicted octanol–water partition coefficient (Wildman–Crippen LogP) is 3.14. The summed E-state index contributed by atoms with van der Waals surface area (Å²) in [6.45, 7) is 4.34. The van der Waals surface area contributed by atoms with Crippen molar-refractivity contribution in [2.45, 2.75) is 17.9 Å². The van der Waals surface area contributed by atoms with Crippen molar-refractivity contribution in [3.05, 3.63) is 43.1 Å². The molecule has 0 aliphatic heterocycles. The number of benzene rings is 1. The smallest absolute Gasteiger partial charge is 0.263 e. The lowest BCUT2D eigenvalue weighted by atomic mass is 10.2. The molecule has 0 saturated carbocycles. The van der Waals surface area contributed by atoms with Crippen molar-refractivity contribution in [1.82, 2.24) is 4.57 Å². The number of rotatable bonds is 4. The Hall–Kier alpha value is -1.26. The Morgan fingerprint density at radius 3 is 2.71 bits per heavy atom. The summed E-state index contributed by atoms with van der Waals surface area (Å²) >= 11 is 0. The Balaban J connectivity index is 2.66. The summed E-state index contributed by atoms with van der Waals surface area (Å²) in [5.74, 6) is 0. The van der Waals surface area contributed by atoms with Crippen LogP contribution >= 0.6 is 10.7 Å². The van der Waals surface area contributed by atoms with Gasteiger partial charge in [0, 0.05) is 34.3 Å². The molecule has 0 N–H and O–H groups in total. The van der Waals surface area contributed by atoms with E-state index in [1.165, 1.54) is 0 Å². The van der Waals surface area contributed by atoms with E-state index >= 15 is 0 Å². The highest BCUT2D eigenvalue weighted by molar-refractivity contribution is 8.14. The fourth-order valence-corrected chi connectivity index (χ4v) is 2.88. The Labute approximate surface area is 105 Å². The van der Waals surface area contributed by atoms with Crippen molar-refractivity contribution in [3.63, 3.8) is 0 Å². The second-order valence-corrected chi connectivity index (χ2v) is 6.25. The fourth-order valence-electron chi connectivity index (χ4n) is 1.82. The van der Waals surface area contributed by atoms with Crippen LogP contribution in [0.5, 0.6) is 0 Å². The first-order valence-electron chi connectivity index (χ1n) is 5.17. The van der Waals surface area contributed by atoms with Crippen LogP contribution in [0.3, 0.4) is 0 Å². The van der Waals surface area contributed by atoms with Gasteiger partial charge in [0.05, 0.1) is 0 Å². The molecule has 0 spiro atoms. The van der Waals surface area contributed by atoms with E-state index in [0.29, 0.717) is 11.9 Å². The van der Waals surface area contributed by atoms with Crippen LogP contribution < -0.4 is 0 Å². The highest BCUT2D eigenvalue weighted by Crippen LogP contribution is 2.27. The maximum absolute atomic E-state index is 11.5. The highest BCUT2D eigenvalue weighted by Gasteiger charge is 2.17. The summed E-state index contributed by atoms with van der Waals surface area (Å²) in [6, 6.07) is 7.31. The van der Waals surface area contributed by atoms with E-state index in [9.17, 15) is 8.42 Å². The quantitative estimate of drug-likeness (QED) is 0.632. The Morgan fingerprint density at radius 2 is 2.06 bits per heavy atom. The molecular formula is C12H12ClNO2S. The molecule has 0 bridgehead atoms. The van der Waals surface area contributed by atoms with Gasteiger partial charge in [-0.3, -0.25) is 0 Å². The van der Waals surface area contributed by atoms with Crippen molar-refractivity contribution in [2.24, 2.45) is 0 Å². The van der Waals surface area contributed by atoms with Crippen molar-refractivity contribution < 1.29 is 8.42 Å². The number of hydrogen-bond donors (Lipinski definition) is 0. The van der Waals surface area contributed by atoms with E-state index in [2.05, 4.69) is 6.58 Å². The molecule has 0 aliphatic rings. The molecule has 90 valence electrons. The number of allylic oxidation sites excluding steroid dienone is 1. The Kier molecular flexibility index (Phi) is 3.26. The molecule has 2 aromatic rings. The van der Waals surface area contributed by atoms with Crippen molar-refractivity contribution in [2.75, 3.05) is 0 Å². The Morgan fingerprint density at radius 1 is 1.35 bits per heavy atom. The first kappa shape index (κ1) is 12.2. The van der Waals surface area contributed by atoms with Crippen LogP contribution in [0.15, 0.2) is 48.0 Å². The fraction of sp³-hybridized carbons (Fsp3) is 0.167. The molecule has 0 atom stereocenters. The zero-order valence-corrected chi connectivity index (χ0v) is 10.7. The summed E-state index contributed by atoms with van der Waals surface area (Å²) in [7, 11) is 1.72. The van der Waals surface area contributed by atoms with E-state index in [0.717, 1.165) is 11.9 Å². The highest BCUT2D eigenvalue weighted by atomic mass is 35.7. The summed E-state index contributed by atoms with van der Waals surface area (Å²) in [4.78, 5) is 0.166. The molecule has 0 saturated heterocycles. The molecule has 0 unspecified atom stereocenters. The standard InChI is InChI=1S/C12H12ClNO2S/c1-2-3-8-14-9-12(17(13,15)16)10-6-4-5-7-11(10)14/h2,4-7,9H,1,3,8H2. The van der Waals surface area contributed by atoms with Crippen molar-refractivity contribution in [1.29, 1.82) is 0 Å². The van der Waals surface area contributed by atoms with Gasteiger partial charge in [-0.25, -0.2) is 8.42 Å². The van der Waals surface area contributed by atoms with Crippen LogP contribution in [0.1, 0.15) is 6.42 Å². The summed E-state index contributed by atoms with van der Waals surface area (Å²) < 4.78 is 24.8. The van der Waals surface area contributed by atoms with Crippen LogP contribution in [0.25, 0.3) is 10.9 Å². The molecule has 5 heteroatoms. The number of aryl methyl sites for hydroxylation is 1. The van der Waals surface area contributed by atoms with Gasteiger partial charge in [-0.1, -0.05) is 24.3 Å². The van der Waals surface area contributed by atoms with Crippen LogP contribution in [0, 0.1) is 0 Å². The molecule has 0 fully saturated rings. The lowest BCUT2D eigenvalue weighted by molar-refractivity contribution is 0.609. The third-order valence-corrected chi connectivity index (χ3v) is 3.94. The van der Waals surface area contributed by atoms with E-state index in [1.54, 1.807) is 24.4 Å². The third-order valence-electron chi connectivity index (χ3n) is 2.59. The van der Waals surface area contributed by atoms with Gasteiger partial charge in [0.15, 0.2) is 0 Å². The van der Waals surface area contributed by atoms with E-state index in [4.69, 9.17) is 10.7 Å². The topological polar surface area (TPSA) is 39.1 Å². The first-order valence-corrected chi connectivity index (χ1v) is 7.48. The van der Waals surface area contributed by atoms with Crippen molar-refractivity contribution in [3.8, 4) is 0 Å². The SMILES string of the molecule is C=CCCn1cc(S(=O)(=O)Cl)c2ccccc21. The lowest BCUT2D eigenvalue weighted by Crippen LogP contribution is -1.94. The van der Waals surface area contributed by atoms with E-state index in [-0.39, 0.29) is 4.90 Å². The third kappa shape index (κ3) is 2.37. The van der Waals surface area contributed by atoms with Gasteiger partial charge in [-0.05, 0) is 12.5 Å². The van der Waals surface area contributed by atoms with Gasteiger partial charge in [-0.2, -0.15) is 0 Å². The molecule has 2 rings (SSSR count). The monoisotopic (exact) mass is 269 g/mol. The maximum atomic E-state index is 11.5. The average molecular weight is 270 g/mol. The second kappa shape index (κ2) is 4.55. The minimum atomic E-state index is -3.71. The van der Waals surface area contributed by atoms with Gasteiger partial charge in [0.1, 0.15) is 4.90 Å². The molecule has 0 amide bonds. The number of nitrogens with zero attached hydrogens (tertiary/aromatic N) is 1. The predicted molar refractivity (Wildman–Crippen MR) is 69.8 cm³/mol. The number of halogens is 1. The average Bonchev–Trinajstić information content (AvgIpc) is 2.65. The molecule has 1 heterocycles. The minimum absolute atomic E-state index is 0.166. The van der Waals surface area contributed by atoms with Gasteiger partial charge in [0.25, 0.3) is 9.05 Å². The number of aromatic nitrogens is 1. The van der Waals surface area contributed by atoms with Crippen LogP contribution in [0.2, 0.25) is 0 Å². The maximum Gasteiger partial charge on any atom is 0.263 e. The summed E-state index contributed by atoms with van der Waals surface area (Å²) in [5, 5.41) is 0.659. The van der Waals surface area contributed by atoms with Gasteiger partial charge >= 0.3 is 0 Å². The normalized spacial score (nSPS) is 11.8. The van der Waals surface area contributed by atoms with Gasteiger partial charge < -0.3 is 4.57 Å². The van der Waals surface area contributed by atoms with E-state index < -0.39 is 9.05 Å². The second-order valence-electron chi connectivity index (χ2n) is 3.72. The molecule has 1 aromatic heterocycles. The Bertz CT molecular complexity index is 658.